The molecule has 0 aliphatic carbocycles. The standard InChI is InChI=1S/C29H33N5O5S/c1-2-13-34(39-19-20-6-10-25(30)11-7-20)29(36)24-15-23-9-8-22(17-27(23)33-28(31)18-24)21-4-3-5-26(16-21)40(37,38)32-12-14-35/h3-11,15-17,32,35H,2,12-14,18-19,30H2,1H3,(H2,31,33). The van der Waals surface area contributed by atoms with Crippen molar-refractivity contribution in [2.75, 3.05) is 25.4 Å². The second kappa shape index (κ2) is 12.9. The zero-order valence-corrected chi connectivity index (χ0v) is 23.0. The number of sulfonamides is 1. The molecule has 1 amide bonds. The van der Waals surface area contributed by atoms with E-state index in [1.165, 1.54) is 11.1 Å². The van der Waals surface area contributed by atoms with Gasteiger partial charge in [0.05, 0.1) is 17.2 Å². The van der Waals surface area contributed by atoms with E-state index in [-0.39, 0.29) is 42.8 Å². The maximum absolute atomic E-state index is 13.5. The highest BCUT2D eigenvalue weighted by Crippen LogP contribution is 2.33. The number of amidine groups is 1. The SMILES string of the molecule is CCCN(OCc1ccc(N)cc1)C(=O)C1=Cc2ccc(-c3cccc(S(=O)(=O)NCCO)c3)cc2N=C(N)C1. The summed E-state index contributed by atoms with van der Waals surface area (Å²) in [6.07, 6.45) is 2.62. The summed E-state index contributed by atoms with van der Waals surface area (Å²) in [6.45, 7) is 2.21. The Labute approximate surface area is 234 Å². The molecule has 1 aliphatic rings. The monoisotopic (exact) mass is 563 g/mol. The number of rotatable bonds is 11. The Bertz CT molecular complexity index is 1530. The first-order valence-corrected chi connectivity index (χ1v) is 14.4. The van der Waals surface area contributed by atoms with Crippen molar-refractivity contribution in [1.29, 1.82) is 0 Å². The number of benzene rings is 3. The average Bonchev–Trinajstić information content (AvgIpc) is 3.12. The van der Waals surface area contributed by atoms with Crippen LogP contribution >= 0.6 is 0 Å². The Kier molecular flexibility index (Phi) is 9.33. The van der Waals surface area contributed by atoms with Gasteiger partial charge in [-0.2, -0.15) is 0 Å². The number of nitrogens with one attached hydrogen (secondary N) is 1. The van der Waals surface area contributed by atoms with Gasteiger partial charge in [0, 0.05) is 36.3 Å². The van der Waals surface area contributed by atoms with Gasteiger partial charge in [-0.3, -0.25) is 9.63 Å². The molecule has 0 fully saturated rings. The maximum Gasteiger partial charge on any atom is 0.273 e. The van der Waals surface area contributed by atoms with Crippen LogP contribution in [0.15, 0.2) is 82.2 Å². The summed E-state index contributed by atoms with van der Waals surface area (Å²) < 4.78 is 27.4. The minimum Gasteiger partial charge on any atom is -0.399 e. The summed E-state index contributed by atoms with van der Waals surface area (Å²) in [5.74, 6) is -0.0179. The number of aliphatic imine (C=N–C) groups is 1. The van der Waals surface area contributed by atoms with Crippen molar-refractivity contribution in [1.82, 2.24) is 9.79 Å². The molecule has 4 rings (SSSR count). The van der Waals surface area contributed by atoms with E-state index in [2.05, 4.69) is 9.71 Å². The predicted octanol–water partition coefficient (Wildman–Crippen LogP) is 3.35. The summed E-state index contributed by atoms with van der Waals surface area (Å²) in [5.41, 5.74) is 16.6. The number of carbonyl (C=O) groups excluding carboxylic acids is 1. The van der Waals surface area contributed by atoms with Gasteiger partial charge in [0.15, 0.2) is 0 Å². The number of nitrogens with two attached hydrogens (primary N) is 2. The molecule has 40 heavy (non-hydrogen) atoms. The van der Waals surface area contributed by atoms with Crippen molar-refractivity contribution in [2.45, 2.75) is 31.3 Å². The lowest BCUT2D eigenvalue weighted by Crippen LogP contribution is -2.34. The zero-order valence-electron chi connectivity index (χ0n) is 22.2. The fourth-order valence-corrected chi connectivity index (χ4v) is 5.23. The van der Waals surface area contributed by atoms with Gasteiger partial charge >= 0.3 is 0 Å². The Morgan fingerprint density at radius 2 is 1.82 bits per heavy atom. The number of hydrogen-bond donors (Lipinski definition) is 4. The first kappa shape index (κ1) is 29.0. The van der Waals surface area contributed by atoms with E-state index in [1.54, 1.807) is 42.5 Å². The molecule has 210 valence electrons. The number of nitrogen functional groups attached to an aromatic ring is 1. The highest BCUT2D eigenvalue weighted by molar-refractivity contribution is 7.89. The second-order valence-corrected chi connectivity index (χ2v) is 11.1. The van der Waals surface area contributed by atoms with E-state index < -0.39 is 10.0 Å². The van der Waals surface area contributed by atoms with E-state index in [0.717, 1.165) is 11.1 Å². The summed E-state index contributed by atoms with van der Waals surface area (Å²) in [5, 5.41) is 10.3. The van der Waals surface area contributed by atoms with Gasteiger partial charge in [0.2, 0.25) is 10.0 Å². The quantitative estimate of drug-likeness (QED) is 0.206. The van der Waals surface area contributed by atoms with Gasteiger partial charge in [-0.25, -0.2) is 23.2 Å². The van der Waals surface area contributed by atoms with Crippen molar-refractivity contribution >= 4 is 39.2 Å². The van der Waals surface area contributed by atoms with Crippen molar-refractivity contribution in [3.05, 3.63) is 83.4 Å². The van der Waals surface area contributed by atoms with Crippen molar-refractivity contribution in [3.63, 3.8) is 0 Å². The number of hydroxylamine groups is 2. The van der Waals surface area contributed by atoms with Gasteiger partial charge in [-0.15, -0.1) is 0 Å². The number of fused-ring (bicyclic) bond motifs is 1. The molecule has 0 saturated carbocycles. The van der Waals surface area contributed by atoms with E-state index >= 15 is 0 Å². The predicted molar refractivity (Wildman–Crippen MR) is 156 cm³/mol. The summed E-state index contributed by atoms with van der Waals surface area (Å²) in [4.78, 5) is 24.0. The van der Waals surface area contributed by atoms with E-state index in [4.69, 9.17) is 21.4 Å². The van der Waals surface area contributed by atoms with Crippen LogP contribution in [0.1, 0.15) is 30.9 Å². The summed E-state index contributed by atoms with van der Waals surface area (Å²) in [6, 6.07) is 19.2. The van der Waals surface area contributed by atoms with Crippen LogP contribution in [0.5, 0.6) is 0 Å². The molecule has 0 radical (unpaired) electrons. The van der Waals surface area contributed by atoms with Crippen LogP contribution in [0.3, 0.4) is 0 Å². The molecule has 11 heteroatoms. The second-order valence-electron chi connectivity index (χ2n) is 9.29. The third-order valence-corrected chi connectivity index (χ3v) is 7.63. The van der Waals surface area contributed by atoms with Crippen molar-refractivity contribution in [3.8, 4) is 11.1 Å². The molecule has 0 saturated heterocycles. The van der Waals surface area contributed by atoms with Crippen LogP contribution in [0.25, 0.3) is 17.2 Å². The molecule has 1 heterocycles. The number of amides is 1. The van der Waals surface area contributed by atoms with E-state index in [9.17, 15) is 13.2 Å². The fraction of sp³-hybridized carbons (Fsp3) is 0.241. The molecular formula is C29H33N5O5S. The Morgan fingerprint density at radius 1 is 1.07 bits per heavy atom. The van der Waals surface area contributed by atoms with E-state index in [1.807, 2.05) is 31.2 Å². The Balaban J connectivity index is 1.59. The van der Waals surface area contributed by atoms with Gasteiger partial charge in [-0.05, 0) is 59.5 Å². The number of nitrogens with zero attached hydrogens (tertiary/aromatic N) is 2. The smallest absolute Gasteiger partial charge is 0.273 e. The van der Waals surface area contributed by atoms with Crippen molar-refractivity contribution in [2.24, 2.45) is 10.7 Å². The first-order chi connectivity index (χ1) is 19.2. The first-order valence-electron chi connectivity index (χ1n) is 12.9. The van der Waals surface area contributed by atoms with Crippen molar-refractivity contribution < 1.29 is 23.2 Å². The van der Waals surface area contributed by atoms with Gasteiger partial charge in [0.25, 0.3) is 5.91 Å². The van der Waals surface area contributed by atoms with Gasteiger partial charge in [-0.1, -0.05) is 43.3 Å². The van der Waals surface area contributed by atoms with Crippen LogP contribution in [-0.4, -0.2) is 50.0 Å². The third-order valence-electron chi connectivity index (χ3n) is 6.17. The molecule has 6 N–H and O–H groups in total. The molecule has 3 aromatic carbocycles. The average molecular weight is 564 g/mol. The Hall–Kier alpha value is -4.03. The molecule has 0 bridgehead atoms. The van der Waals surface area contributed by atoms with Gasteiger partial charge < -0.3 is 16.6 Å². The normalized spacial score (nSPS) is 13.2. The highest BCUT2D eigenvalue weighted by atomic mass is 32.2. The lowest BCUT2D eigenvalue weighted by molar-refractivity contribution is -0.187. The molecule has 0 spiro atoms. The summed E-state index contributed by atoms with van der Waals surface area (Å²) >= 11 is 0. The lowest BCUT2D eigenvalue weighted by Gasteiger charge is -2.22. The Morgan fingerprint density at radius 3 is 2.55 bits per heavy atom. The lowest BCUT2D eigenvalue weighted by atomic mass is 10.0. The number of carbonyl (C=O) groups is 1. The molecule has 0 atom stereocenters. The zero-order chi connectivity index (χ0) is 28.7. The van der Waals surface area contributed by atoms with Crippen LogP contribution < -0.4 is 16.2 Å². The van der Waals surface area contributed by atoms with Gasteiger partial charge in [0.1, 0.15) is 12.4 Å². The minimum absolute atomic E-state index is 0.0745. The number of aliphatic hydroxyl groups excluding tert-OH is 1. The van der Waals surface area contributed by atoms with Crippen LogP contribution in [0, 0.1) is 0 Å². The number of aliphatic hydroxyl groups is 1. The van der Waals surface area contributed by atoms with E-state index in [0.29, 0.717) is 41.0 Å². The molecular weight excluding hydrogens is 530 g/mol. The molecule has 0 unspecified atom stereocenters. The van der Waals surface area contributed by atoms with Crippen LogP contribution in [0.2, 0.25) is 0 Å². The molecule has 1 aliphatic heterocycles. The number of anilines is 1. The maximum atomic E-state index is 13.5. The molecule has 10 nitrogen and oxygen atoms in total. The fourth-order valence-electron chi connectivity index (χ4n) is 4.17. The van der Waals surface area contributed by atoms with Crippen LogP contribution in [-0.2, 0) is 26.3 Å². The molecule has 0 aromatic heterocycles. The number of hydrogen-bond acceptors (Lipinski definition) is 8. The van der Waals surface area contributed by atoms with Crippen LogP contribution in [0.4, 0.5) is 11.4 Å². The summed E-state index contributed by atoms with van der Waals surface area (Å²) in [7, 11) is -3.77. The molecule has 3 aromatic rings. The highest BCUT2D eigenvalue weighted by Gasteiger charge is 2.23. The topological polar surface area (TPSA) is 160 Å². The minimum atomic E-state index is -3.77. The third kappa shape index (κ3) is 7.13. The largest absolute Gasteiger partial charge is 0.399 e.